The van der Waals surface area contributed by atoms with Gasteiger partial charge in [-0.3, -0.25) is 4.79 Å². The van der Waals surface area contributed by atoms with Gasteiger partial charge < -0.3 is 19.7 Å². The molecule has 6 nitrogen and oxygen atoms in total. The predicted molar refractivity (Wildman–Crippen MR) is 96.9 cm³/mol. The Kier molecular flexibility index (Phi) is 8.52. The van der Waals surface area contributed by atoms with Crippen LogP contribution < -0.4 is 10.1 Å². The van der Waals surface area contributed by atoms with Gasteiger partial charge in [-0.05, 0) is 38.1 Å². The molecule has 1 heterocycles. The molecule has 1 atom stereocenters. The van der Waals surface area contributed by atoms with Crippen molar-refractivity contribution in [3.05, 3.63) is 28.2 Å². The number of likely N-dealkylation sites (tertiary alicyclic amines) is 1. The van der Waals surface area contributed by atoms with Crippen LogP contribution in [0.3, 0.4) is 0 Å². The lowest BCUT2D eigenvalue weighted by molar-refractivity contribution is -0.131. The van der Waals surface area contributed by atoms with Crippen molar-refractivity contribution in [1.82, 2.24) is 10.2 Å². The van der Waals surface area contributed by atoms with E-state index < -0.39 is 5.97 Å². The third-order valence-corrected chi connectivity index (χ3v) is 4.30. The average molecular weight is 422 g/mol. The standard InChI is InChI=1S/C16H21BrN2O4.ClH/c1-18-9-15(20)19-7-3-4-12(19)10-23-14-8-11(17)5-6-13(14)16(21)22-2;/h5-6,8,12,18H,3-4,7,9-10H2,1-2H3;1H/t12-;/m0./s1. The third kappa shape index (κ3) is 5.09. The van der Waals surface area contributed by atoms with Crippen LogP contribution >= 0.6 is 28.3 Å². The van der Waals surface area contributed by atoms with Crippen LogP contribution in [0.1, 0.15) is 23.2 Å². The average Bonchev–Trinajstić information content (AvgIpc) is 3.01. The second-order valence-corrected chi connectivity index (χ2v) is 6.27. The van der Waals surface area contributed by atoms with Crippen LogP contribution in [-0.2, 0) is 9.53 Å². The molecule has 1 aliphatic rings. The van der Waals surface area contributed by atoms with Gasteiger partial charge in [-0.2, -0.15) is 0 Å². The van der Waals surface area contributed by atoms with E-state index in [9.17, 15) is 9.59 Å². The first-order chi connectivity index (χ1) is 11.1. The van der Waals surface area contributed by atoms with Gasteiger partial charge in [-0.25, -0.2) is 4.79 Å². The SMILES string of the molecule is CNCC(=O)N1CCC[C@H]1COc1cc(Br)ccc1C(=O)OC.Cl. The minimum absolute atomic E-state index is 0. The molecule has 1 amide bonds. The quantitative estimate of drug-likeness (QED) is 0.714. The summed E-state index contributed by atoms with van der Waals surface area (Å²) in [6.07, 6.45) is 1.86. The zero-order valence-electron chi connectivity index (χ0n) is 13.7. The fraction of sp³-hybridized carbons (Fsp3) is 0.500. The highest BCUT2D eigenvalue weighted by molar-refractivity contribution is 9.10. The summed E-state index contributed by atoms with van der Waals surface area (Å²) in [5.74, 6) is 0.0854. The zero-order chi connectivity index (χ0) is 16.8. The van der Waals surface area contributed by atoms with Gasteiger partial charge in [0.2, 0.25) is 5.91 Å². The van der Waals surface area contributed by atoms with Crippen LogP contribution in [0.5, 0.6) is 5.75 Å². The van der Waals surface area contributed by atoms with E-state index in [1.165, 1.54) is 7.11 Å². The summed E-state index contributed by atoms with van der Waals surface area (Å²) in [4.78, 5) is 25.7. The van der Waals surface area contributed by atoms with Crippen molar-refractivity contribution < 1.29 is 19.1 Å². The minimum Gasteiger partial charge on any atom is -0.490 e. The predicted octanol–water partition coefficient (Wildman–Crippen LogP) is 2.25. The fourth-order valence-corrected chi connectivity index (χ4v) is 3.01. The Labute approximate surface area is 156 Å². The molecule has 0 bridgehead atoms. The Morgan fingerprint density at radius 1 is 1.42 bits per heavy atom. The van der Waals surface area contributed by atoms with Crippen molar-refractivity contribution in [2.75, 3.05) is 33.9 Å². The second kappa shape index (κ2) is 9.86. The molecule has 24 heavy (non-hydrogen) atoms. The topological polar surface area (TPSA) is 67.9 Å². The number of hydrogen-bond acceptors (Lipinski definition) is 5. The maximum Gasteiger partial charge on any atom is 0.341 e. The first-order valence-corrected chi connectivity index (χ1v) is 8.31. The van der Waals surface area contributed by atoms with Crippen LogP contribution in [0.25, 0.3) is 0 Å². The van der Waals surface area contributed by atoms with Gasteiger partial charge in [0.25, 0.3) is 0 Å². The number of methoxy groups -OCH3 is 1. The number of amides is 1. The van der Waals surface area contributed by atoms with Crippen molar-refractivity contribution in [2.24, 2.45) is 0 Å². The molecule has 0 aliphatic carbocycles. The molecule has 1 aromatic carbocycles. The molecular formula is C16H22BrClN2O4. The van der Waals surface area contributed by atoms with Gasteiger partial charge in [-0.15, -0.1) is 12.4 Å². The lowest BCUT2D eigenvalue weighted by atomic mass is 10.2. The van der Waals surface area contributed by atoms with Crippen molar-refractivity contribution in [1.29, 1.82) is 0 Å². The van der Waals surface area contributed by atoms with Gasteiger partial charge in [0, 0.05) is 11.0 Å². The van der Waals surface area contributed by atoms with Crippen LogP contribution in [0.15, 0.2) is 22.7 Å². The number of esters is 1. The molecule has 1 aromatic rings. The highest BCUT2D eigenvalue weighted by Gasteiger charge is 2.29. The number of benzene rings is 1. The van der Waals surface area contributed by atoms with Crippen LogP contribution in [0.4, 0.5) is 0 Å². The number of nitrogens with zero attached hydrogens (tertiary/aromatic N) is 1. The molecule has 1 saturated heterocycles. The van der Waals surface area contributed by atoms with E-state index in [0.29, 0.717) is 24.5 Å². The molecule has 0 aromatic heterocycles. The number of carbonyl (C=O) groups excluding carboxylic acids is 2. The smallest absolute Gasteiger partial charge is 0.341 e. The molecule has 0 saturated carbocycles. The maximum absolute atomic E-state index is 12.1. The van der Waals surface area contributed by atoms with E-state index in [2.05, 4.69) is 21.2 Å². The molecule has 8 heteroatoms. The molecule has 0 unspecified atom stereocenters. The Morgan fingerprint density at radius 2 is 2.17 bits per heavy atom. The number of likely N-dealkylation sites (N-methyl/N-ethyl adjacent to an activating group) is 1. The molecule has 1 N–H and O–H groups in total. The number of carbonyl (C=O) groups is 2. The largest absolute Gasteiger partial charge is 0.490 e. The molecular weight excluding hydrogens is 400 g/mol. The first-order valence-electron chi connectivity index (χ1n) is 7.51. The maximum atomic E-state index is 12.1. The first kappa shape index (κ1) is 20.7. The van der Waals surface area contributed by atoms with Crippen LogP contribution in [-0.4, -0.2) is 56.7 Å². The van der Waals surface area contributed by atoms with E-state index in [0.717, 1.165) is 23.9 Å². The summed E-state index contributed by atoms with van der Waals surface area (Å²) in [5.41, 5.74) is 0.377. The summed E-state index contributed by atoms with van der Waals surface area (Å²) in [6, 6.07) is 5.18. The lowest BCUT2D eigenvalue weighted by Crippen LogP contribution is -2.42. The van der Waals surface area contributed by atoms with Gasteiger partial charge in [0.05, 0.1) is 19.7 Å². The van der Waals surface area contributed by atoms with E-state index >= 15 is 0 Å². The van der Waals surface area contributed by atoms with E-state index in [1.807, 2.05) is 4.90 Å². The van der Waals surface area contributed by atoms with E-state index in [-0.39, 0.29) is 24.4 Å². The monoisotopic (exact) mass is 420 g/mol. The fourth-order valence-electron chi connectivity index (χ4n) is 2.67. The van der Waals surface area contributed by atoms with Gasteiger partial charge >= 0.3 is 5.97 Å². The normalized spacial score (nSPS) is 16.5. The van der Waals surface area contributed by atoms with Crippen LogP contribution in [0.2, 0.25) is 0 Å². The highest BCUT2D eigenvalue weighted by atomic mass is 79.9. The summed E-state index contributed by atoms with van der Waals surface area (Å²) >= 11 is 3.37. The van der Waals surface area contributed by atoms with Crippen molar-refractivity contribution >= 4 is 40.2 Å². The molecule has 1 aliphatic heterocycles. The second-order valence-electron chi connectivity index (χ2n) is 5.36. The number of ether oxygens (including phenoxy) is 2. The highest BCUT2D eigenvalue weighted by Crippen LogP contribution is 2.26. The summed E-state index contributed by atoms with van der Waals surface area (Å²) in [7, 11) is 3.09. The molecule has 134 valence electrons. The number of rotatable bonds is 6. The van der Waals surface area contributed by atoms with Gasteiger partial charge in [0.15, 0.2) is 0 Å². The van der Waals surface area contributed by atoms with Gasteiger partial charge in [-0.1, -0.05) is 15.9 Å². The lowest BCUT2D eigenvalue weighted by Gasteiger charge is -2.25. The summed E-state index contributed by atoms with van der Waals surface area (Å²) in [5, 5.41) is 2.88. The molecule has 0 spiro atoms. The van der Waals surface area contributed by atoms with E-state index in [4.69, 9.17) is 9.47 Å². The van der Waals surface area contributed by atoms with Crippen molar-refractivity contribution in [2.45, 2.75) is 18.9 Å². The van der Waals surface area contributed by atoms with E-state index in [1.54, 1.807) is 25.2 Å². The summed E-state index contributed by atoms with van der Waals surface area (Å²) < 4.78 is 11.4. The van der Waals surface area contributed by atoms with Gasteiger partial charge in [0.1, 0.15) is 17.9 Å². The zero-order valence-corrected chi connectivity index (χ0v) is 16.1. The molecule has 2 rings (SSSR count). The van der Waals surface area contributed by atoms with Crippen LogP contribution in [0, 0.1) is 0 Å². The Morgan fingerprint density at radius 3 is 2.83 bits per heavy atom. The number of halogens is 2. The summed E-state index contributed by atoms with van der Waals surface area (Å²) in [6.45, 7) is 1.42. The number of hydrogen-bond donors (Lipinski definition) is 1. The molecule has 1 fully saturated rings. The molecule has 0 radical (unpaired) electrons. The minimum atomic E-state index is -0.443. The van der Waals surface area contributed by atoms with Crippen molar-refractivity contribution in [3.63, 3.8) is 0 Å². The Bertz CT molecular complexity index is 585. The number of nitrogens with one attached hydrogen (secondary N) is 1. The third-order valence-electron chi connectivity index (χ3n) is 3.81. The Hall–Kier alpha value is -1.31. The Balaban J connectivity index is 0.00000288. The van der Waals surface area contributed by atoms with Crippen molar-refractivity contribution in [3.8, 4) is 5.75 Å².